The van der Waals surface area contributed by atoms with E-state index in [4.69, 9.17) is 14.2 Å². The zero-order valence-electron chi connectivity index (χ0n) is 12.2. The van der Waals surface area contributed by atoms with Crippen LogP contribution in [0, 0.1) is 0 Å². The maximum absolute atomic E-state index is 10.8. The van der Waals surface area contributed by atoms with Gasteiger partial charge in [0.1, 0.15) is 12.4 Å². The molecule has 0 atom stereocenters. The molecule has 20 heavy (non-hydrogen) atoms. The van der Waals surface area contributed by atoms with Crippen molar-refractivity contribution in [2.75, 3.05) is 40.1 Å². The molecule has 1 amide bonds. The summed E-state index contributed by atoms with van der Waals surface area (Å²) in [6.45, 7) is 9.58. The molecule has 0 aromatic carbocycles. The van der Waals surface area contributed by atoms with Gasteiger partial charge in [-0.2, -0.15) is 0 Å². The van der Waals surface area contributed by atoms with Crippen molar-refractivity contribution in [2.24, 2.45) is 0 Å². The molecule has 0 aliphatic carbocycles. The first-order valence-corrected chi connectivity index (χ1v) is 6.67. The normalized spacial score (nSPS) is 10.4. The Kier molecular flexibility index (Phi) is 12.7. The van der Waals surface area contributed by atoms with Crippen molar-refractivity contribution < 1.29 is 19.0 Å². The lowest BCUT2D eigenvalue weighted by atomic mass is 10.3. The number of nitrogens with one attached hydrogen (secondary N) is 1. The van der Waals surface area contributed by atoms with E-state index >= 15 is 0 Å². The number of hydrogen-bond donors (Lipinski definition) is 1. The molecule has 114 valence electrons. The number of rotatable bonds is 13. The molecule has 5 heteroatoms. The van der Waals surface area contributed by atoms with Gasteiger partial charge in [-0.1, -0.05) is 25.3 Å². The third-order valence-corrected chi connectivity index (χ3v) is 2.27. The van der Waals surface area contributed by atoms with E-state index in [1.165, 1.54) is 0 Å². The smallest absolute Gasteiger partial charge is 0.245 e. The van der Waals surface area contributed by atoms with Crippen molar-refractivity contribution in [3.8, 4) is 0 Å². The van der Waals surface area contributed by atoms with Crippen LogP contribution in [0.4, 0.5) is 0 Å². The Balaban J connectivity index is 3.21. The minimum atomic E-state index is -0.132. The van der Waals surface area contributed by atoms with E-state index in [1.807, 2.05) is 0 Å². The van der Waals surface area contributed by atoms with E-state index < -0.39 is 0 Å². The molecule has 0 heterocycles. The summed E-state index contributed by atoms with van der Waals surface area (Å²) in [4.78, 5) is 10.8. The molecular formula is C15H25NO4. The number of amides is 1. The lowest BCUT2D eigenvalue weighted by molar-refractivity contribution is -0.125. The van der Waals surface area contributed by atoms with Crippen LogP contribution in [0.15, 0.2) is 37.1 Å². The zero-order valence-corrected chi connectivity index (χ0v) is 12.2. The van der Waals surface area contributed by atoms with Crippen molar-refractivity contribution in [1.29, 1.82) is 0 Å². The molecule has 0 unspecified atom stereocenters. The van der Waals surface area contributed by atoms with Crippen molar-refractivity contribution in [1.82, 2.24) is 5.32 Å². The topological polar surface area (TPSA) is 56.8 Å². The molecule has 0 bridgehead atoms. The fourth-order valence-electron chi connectivity index (χ4n) is 1.19. The van der Waals surface area contributed by atoms with Crippen LogP contribution in [0.1, 0.15) is 12.8 Å². The quantitative estimate of drug-likeness (QED) is 0.318. The van der Waals surface area contributed by atoms with Gasteiger partial charge in [-0.3, -0.25) is 4.79 Å². The molecule has 0 aliphatic heterocycles. The van der Waals surface area contributed by atoms with Crippen molar-refractivity contribution in [2.45, 2.75) is 12.8 Å². The molecule has 5 nitrogen and oxygen atoms in total. The summed E-state index contributed by atoms with van der Waals surface area (Å²) < 4.78 is 15.8. The fraction of sp³-hybridized carbons (Fsp3) is 0.533. The van der Waals surface area contributed by atoms with E-state index in [0.29, 0.717) is 32.2 Å². The molecule has 0 saturated carbocycles. The molecule has 0 rings (SSSR count). The van der Waals surface area contributed by atoms with Crippen molar-refractivity contribution in [3.63, 3.8) is 0 Å². The van der Waals surface area contributed by atoms with Gasteiger partial charge in [0.15, 0.2) is 0 Å². The molecule has 0 radical (unpaired) electrons. The number of allylic oxidation sites excluding steroid dienone is 3. The highest BCUT2D eigenvalue weighted by molar-refractivity contribution is 5.76. The number of ether oxygens (including phenoxy) is 3. The molecule has 0 aliphatic rings. The maximum atomic E-state index is 10.8. The van der Waals surface area contributed by atoms with Crippen LogP contribution in [0.25, 0.3) is 0 Å². The van der Waals surface area contributed by atoms with Gasteiger partial charge in [-0.05, 0) is 18.9 Å². The minimum Gasteiger partial charge on any atom is -0.494 e. The predicted octanol–water partition coefficient (Wildman–Crippen LogP) is 1.82. The second-order valence-electron chi connectivity index (χ2n) is 3.95. The van der Waals surface area contributed by atoms with Crippen LogP contribution in [0.2, 0.25) is 0 Å². The van der Waals surface area contributed by atoms with Gasteiger partial charge in [-0.25, -0.2) is 0 Å². The highest BCUT2D eigenvalue weighted by atomic mass is 16.5. The van der Waals surface area contributed by atoms with E-state index in [-0.39, 0.29) is 12.5 Å². The average Bonchev–Trinajstić information content (AvgIpc) is 2.46. The Morgan fingerprint density at radius 2 is 1.85 bits per heavy atom. The number of unbranched alkanes of at least 4 members (excludes halogenated alkanes) is 1. The SMILES string of the molecule is C=C/C=C\C(=C)OCCCCOCCOCC(=O)NC. The van der Waals surface area contributed by atoms with Crippen LogP contribution in [-0.2, 0) is 19.0 Å². The molecule has 1 N–H and O–H groups in total. The summed E-state index contributed by atoms with van der Waals surface area (Å²) >= 11 is 0. The molecule has 0 aromatic rings. The Labute approximate surface area is 121 Å². The highest BCUT2D eigenvalue weighted by Crippen LogP contribution is 1.99. The molecular weight excluding hydrogens is 258 g/mol. The summed E-state index contributed by atoms with van der Waals surface area (Å²) in [5.74, 6) is 0.501. The summed E-state index contributed by atoms with van der Waals surface area (Å²) in [6.07, 6.45) is 7.04. The zero-order chi connectivity index (χ0) is 15.1. The monoisotopic (exact) mass is 283 g/mol. The number of carbonyl (C=O) groups is 1. The number of likely N-dealkylation sites (N-methyl/N-ethyl adjacent to an activating group) is 1. The summed E-state index contributed by atoms with van der Waals surface area (Å²) in [7, 11) is 1.58. The Morgan fingerprint density at radius 3 is 2.55 bits per heavy atom. The second-order valence-corrected chi connectivity index (χ2v) is 3.95. The standard InChI is InChI=1S/C15H25NO4/c1-4-5-8-14(2)20-10-7-6-9-18-11-12-19-13-15(17)16-3/h4-5,8H,1-2,6-7,9-13H2,3H3,(H,16,17)/b8-5-. The van der Waals surface area contributed by atoms with Gasteiger partial charge in [0.2, 0.25) is 5.91 Å². The molecule has 0 aromatic heterocycles. The van der Waals surface area contributed by atoms with Crippen LogP contribution in [0.3, 0.4) is 0 Å². The summed E-state index contributed by atoms with van der Waals surface area (Å²) in [5, 5.41) is 2.48. The lowest BCUT2D eigenvalue weighted by Crippen LogP contribution is -2.24. The third-order valence-electron chi connectivity index (χ3n) is 2.27. The first kappa shape index (κ1) is 18.4. The maximum Gasteiger partial charge on any atom is 0.245 e. The largest absolute Gasteiger partial charge is 0.494 e. The number of carbonyl (C=O) groups excluding carboxylic acids is 1. The molecule has 0 spiro atoms. The second kappa shape index (κ2) is 13.8. The van der Waals surface area contributed by atoms with Crippen LogP contribution in [-0.4, -0.2) is 46.0 Å². The third kappa shape index (κ3) is 12.9. The summed E-state index contributed by atoms with van der Waals surface area (Å²) in [6, 6.07) is 0. The van der Waals surface area contributed by atoms with Crippen molar-refractivity contribution in [3.05, 3.63) is 37.1 Å². The van der Waals surface area contributed by atoms with E-state index in [9.17, 15) is 4.79 Å². The molecule has 0 saturated heterocycles. The lowest BCUT2D eigenvalue weighted by Gasteiger charge is -2.07. The van der Waals surface area contributed by atoms with Gasteiger partial charge in [-0.15, -0.1) is 0 Å². The van der Waals surface area contributed by atoms with Crippen LogP contribution in [0.5, 0.6) is 0 Å². The average molecular weight is 283 g/mol. The Morgan fingerprint density at radius 1 is 1.15 bits per heavy atom. The van der Waals surface area contributed by atoms with E-state index in [2.05, 4.69) is 18.5 Å². The highest BCUT2D eigenvalue weighted by Gasteiger charge is 1.97. The first-order chi connectivity index (χ1) is 9.70. The number of hydrogen-bond acceptors (Lipinski definition) is 4. The van der Waals surface area contributed by atoms with E-state index in [0.717, 1.165) is 12.8 Å². The van der Waals surface area contributed by atoms with Gasteiger partial charge in [0.25, 0.3) is 0 Å². The van der Waals surface area contributed by atoms with Gasteiger partial charge >= 0.3 is 0 Å². The Hall–Kier alpha value is -1.59. The van der Waals surface area contributed by atoms with Crippen LogP contribution >= 0.6 is 0 Å². The molecule has 0 fully saturated rings. The minimum absolute atomic E-state index is 0.0774. The van der Waals surface area contributed by atoms with Crippen molar-refractivity contribution >= 4 is 5.91 Å². The van der Waals surface area contributed by atoms with Gasteiger partial charge < -0.3 is 19.5 Å². The van der Waals surface area contributed by atoms with Crippen LogP contribution < -0.4 is 5.32 Å². The Bertz CT molecular complexity index is 313. The van der Waals surface area contributed by atoms with Gasteiger partial charge in [0.05, 0.1) is 19.8 Å². The van der Waals surface area contributed by atoms with E-state index in [1.54, 1.807) is 25.3 Å². The summed E-state index contributed by atoms with van der Waals surface area (Å²) in [5.41, 5.74) is 0. The van der Waals surface area contributed by atoms with Gasteiger partial charge in [0, 0.05) is 13.7 Å². The first-order valence-electron chi connectivity index (χ1n) is 6.67. The predicted molar refractivity (Wildman–Crippen MR) is 79.4 cm³/mol. The fourth-order valence-corrected chi connectivity index (χ4v) is 1.19.